The van der Waals surface area contributed by atoms with Crippen molar-refractivity contribution in [3.8, 4) is 0 Å². The smallest absolute Gasteiger partial charge is 0.330 e. The predicted octanol–water partition coefficient (Wildman–Crippen LogP) is -1.18. The van der Waals surface area contributed by atoms with E-state index in [1.807, 2.05) is 4.98 Å². The number of ether oxygens (including phenoxy) is 1. The molecule has 1 aromatic rings. The molecule has 9 nitrogen and oxygen atoms in total. The van der Waals surface area contributed by atoms with E-state index >= 15 is 0 Å². The molecule has 1 fully saturated rings. The summed E-state index contributed by atoms with van der Waals surface area (Å²) in [6.45, 7) is 2.13. The number of rotatable bonds is 4. The number of halogens is 1. The number of aliphatic hydroxyl groups is 2. The number of aromatic amines is 1. The lowest BCUT2D eigenvalue weighted by molar-refractivity contribution is -0.162. The minimum absolute atomic E-state index is 0.375. The van der Waals surface area contributed by atoms with Crippen LogP contribution in [0.4, 0.5) is 0 Å². The van der Waals surface area contributed by atoms with Crippen LogP contribution in [0.5, 0.6) is 0 Å². The normalized spacial score (nSPS) is 30.0. The second-order valence-electron chi connectivity index (χ2n) is 5.40. The lowest BCUT2D eigenvalue weighted by Gasteiger charge is -2.33. The molecule has 1 saturated heterocycles. The van der Waals surface area contributed by atoms with Crippen molar-refractivity contribution in [1.29, 1.82) is 0 Å². The first-order chi connectivity index (χ1) is 10.5. The summed E-state index contributed by atoms with van der Waals surface area (Å²) < 4.78 is 4.07. The summed E-state index contributed by atoms with van der Waals surface area (Å²) in [7, 11) is 0. The summed E-state index contributed by atoms with van der Waals surface area (Å²) in [5, 5.41) is 20.8. The van der Waals surface area contributed by atoms with Crippen LogP contribution in [0.15, 0.2) is 21.9 Å². The summed E-state index contributed by atoms with van der Waals surface area (Å²) in [5.41, 5.74) is -3.62. The number of H-pyrrole nitrogens is 1. The fourth-order valence-corrected chi connectivity index (χ4v) is 2.92. The summed E-state index contributed by atoms with van der Waals surface area (Å²) in [4.78, 5) is 48.4. The van der Waals surface area contributed by atoms with Crippen LogP contribution < -0.4 is 11.2 Å². The van der Waals surface area contributed by atoms with Crippen molar-refractivity contribution < 1.29 is 24.5 Å². The molecule has 0 aromatic carbocycles. The number of carbonyl (C=O) groups excluding carboxylic acids is 2. The van der Waals surface area contributed by atoms with Crippen LogP contribution in [-0.4, -0.2) is 47.5 Å². The van der Waals surface area contributed by atoms with Gasteiger partial charge in [-0.15, -0.1) is 0 Å². The monoisotopic (exact) mass is 390 g/mol. The second kappa shape index (κ2) is 5.78. The van der Waals surface area contributed by atoms with Crippen molar-refractivity contribution >= 4 is 27.5 Å². The lowest BCUT2D eigenvalue weighted by atomic mass is 9.86. The Morgan fingerprint density at radius 3 is 2.57 bits per heavy atom. The van der Waals surface area contributed by atoms with Gasteiger partial charge in [-0.05, 0) is 29.8 Å². The maximum Gasteiger partial charge on any atom is 0.330 e. The summed E-state index contributed by atoms with van der Waals surface area (Å²) in [5.74, 6) is -1.52. The number of ketones is 2. The number of carbonyl (C=O) groups is 2. The van der Waals surface area contributed by atoms with Crippen molar-refractivity contribution in [2.24, 2.45) is 0 Å². The van der Waals surface area contributed by atoms with E-state index in [-0.39, 0.29) is 6.42 Å². The molecular weight excluding hydrogens is 376 g/mol. The van der Waals surface area contributed by atoms with E-state index in [2.05, 4.69) is 15.9 Å². The molecule has 23 heavy (non-hydrogen) atoms. The first-order valence-corrected chi connectivity index (χ1v) is 7.42. The Hall–Kier alpha value is -1.62. The highest BCUT2D eigenvalue weighted by atomic mass is 79.9. The van der Waals surface area contributed by atoms with Crippen LogP contribution in [0.25, 0.3) is 0 Å². The van der Waals surface area contributed by atoms with Gasteiger partial charge in [0.25, 0.3) is 5.56 Å². The van der Waals surface area contributed by atoms with Crippen molar-refractivity contribution in [2.75, 3.05) is 0 Å². The van der Waals surface area contributed by atoms with Gasteiger partial charge in [-0.25, -0.2) is 4.79 Å². The molecule has 0 amide bonds. The SMILES string of the molecule is CC(=O)C(O)(Br)[C@H]1O[C@@H](n2ccc(=O)[nH]c2=O)C[C@@]1(O)C(C)=O. The molecule has 0 bridgehead atoms. The van der Waals surface area contributed by atoms with E-state index in [4.69, 9.17) is 4.74 Å². The highest BCUT2D eigenvalue weighted by molar-refractivity contribution is 9.10. The molecule has 0 saturated carbocycles. The zero-order chi connectivity index (χ0) is 17.6. The number of hydrogen-bond donors (Lipinski definition) is 3. The average Bonchev–Trinajstić information content (AvgIpc) is 2.78. The number of hydrogen-bond acceptors (Lipinski definition) is 7. The molecule has 2 heterocycles. The summed E-state index contributed by atoms with van der Waals surface area (Å²) in [6.07, 6.45) is -2.02. The molecular formula is C13H15BrN2O7. The fraction of sp³-hybridized carbons (Fsp3) is 0.538. The molecule has 10 heteroatoms. The highest BCUT2D eigenvalue weighted by Gasteiger charge is 2.61. The van der Waals surface area contributed by atoms with Crippen molar-refractivity contribution in [1.82, 2.24) is 9.55 Å². The van der Waals surface area contributed by atoms with E-state index in [9.17, 15) is 29.4 Å². The molecule has 1 aromatic heterocycles. The van der Waals surface area contributed by atoms with Gasteiger partial charge in [-0.2, -0.15) is 0 Å². The Bertz CT molecular complexity index is 768. The van der Waals surface area contributed by atoms with Gasteiger partial charge in [0.15, 0.2) is 17.2 Å². The average molecular weight is 391 g/mol. The van der Waals surface area contributed by atoms with E-state index in [1.165, 1.54) is 0 Å². The fourth-order valence-electron chi connectivity index (χ4n) is 2.43. The van der Waals surface area contributed by atoms with Crippen LogP contribution in [0.3, 0.4) is 0 Å². The van der Waals surface area contributed by atoms with E-state index in [1.54, 1.807) is 0 Å². The Labute approximate surface area is 138 Å². The van der Waals surface area contributed by atoms with E-state index in [0.717, 1.165) is 30.7 Å². The van der Waals surface area contributed by atoms with Gasteiger partial charge >= 0.3 is 5.69 Å². The quantitative estimate of drug-likeness (QED) is 0.549. The van der Waals surface area contributed by atoms with Crippen molar-refractivity contribution in [3.05, 3.63) is 33.1 Å². The minimum Gasteiger partial charge on any atom is -0.379 e. The summed E-state index contributed by atoms with van der Waals surface area (Å²) >= 11 is 2.77. The van der Waals surface area contributed by atoms with Gasteiger partial charge in [0.1, 0.15) is 12.3 Å². The van der Waals surface area contributed by atoms with Crippen molar-refractivity contribution in [2.45, 2.75) is 42.7 Å². The molecule has 0 aliphatic carbocycles. The topological polar surface area (TPSA) is 139 Å². The van der Waals surface area contributed by atoms with Crippen LogP contribution in [0.1, 0.15) is 26.5 Å². The Morgan fingerprint density at radius 1 is 1.48 bits per heavy atom. The van der Waals surface area contributed by atoms with E-state index in [0.29, 0.717) is 0 Å². The predicted molar refractivity (Wildman–Crippen MR) is 80.0 cm³/mol. The molecule has 2 rings (SSSR count). The van der Waals surface area contributed by atoms with Gasteiger partial charge in [0.2, 0.25) is 4.51 Å². The third kappa shape index (κ3) is 2.94. The molecule has 3 N–H and O–H groups in total. The Balaban J connectivity index is 2.49. The Kier molecular flexibility index (Phi) is 4.46. The van der Waals surface area contributed by atoms with Gasteiger partial charge < -0.3 is 14.9 Å². The minimum atomic E-state index is -2.31. The highest BCUT2D eigenvalue weighted by Crippen LogP contribution is 2.44. The zero-order valence-electron chi connectivity index (χ0n) is 12.3. The first kappa shape index (κ1) is 17.7. The molecule has 1 aliphatic rings. The molecule has 126 valence electrons. The number of aromatic nitrogens is 2. The molecule has 4 atom stereocenters. The molecule has 1 unspecified atom stereocenters. The lowest BCUT2D eigenvalue weighted by Crippen LogP contribution is -2.57. The van der Waals surface area contributed by atoms with Gasteiger partial charge in [0.05, 0.1) is 0 Å². The van der Waals surface area contributed by atoms with Crippen LogP contribution in [0.2, 0.25) is 0 Å². The van der Waals surface area contributed by atoms with E-state index < -0.39 is 45.3 Å². The number of nitrogens with one attached hydrogen (secondary N) is 1. The zero-order valence-corrected chi connectivity index (χ0v) is 13.9. The largest absolute Gasteiger partial charge is 0.379 e. The Morgan fingerprint density at radius 2 is 2.09 bits per heavy atom. The maximum atomic E-state index is 11.8. The van der Waals surface area contributed by atoms with Gasteiger partial charge in [0, 0.05) is 18.7 Å². The standard InChI is InChI=1S/C13H15BrN2O7/c1-6(17)12(21)5-9(16-4-3-8(19)15-11(16)20)23-10(12)13(14,22)7(2)18/h3-4,9-10,21-22H,5H2,1-2H3,(H,15,19,20)/t9-,10+,12-,13?/m1/s1. The number of alkyl halides is 1. The number of Topliss-reactive ketones (excluding diaryl/α,β-unsaturated/α-hetero) is 2. The second-order valence-corrected chi connectivity index (χ2v) is 6.61. The third-order valence-corrected chi connectivity index (χ3v) is 4.80. The van der Waals surface area contributed by atoms with Gasteiger partial charge in [-0.3, -0.25) is 23.9 Å². The first-order valence-electron chi connectivity index (χ1n) is 6.63. The third-order valence-electron chi connectivity index (χ3n) is 3.83. The van der Waals surface area contributed by atoms with Crippen LogP contribution in [-0.2, 0) is 14.3 Å². The molecule has 1 aliphatic heterocycles. The molecule has 0 spiro atoms. The number of nitrogens with zero attached hydrogens (tertiary/aromatic N) is 1. The maximum absolute atomic E-state index is 11.8. The van der Waals surface area contributed by atoms with Crippen LogP contribution >= 0.6 is 15.9 Å². The van der Waals surface area contributed by atoms with Crippen LogP contribution in [0, 0.1) is 0 Å². The molecule has 0 radical (unpaired) electrons. The van der Waals surface area contributed by atoms with Gasteiger partial charge in [-0.1, -0.05) is 0 Å². The summed E-state index contributed by atoms with van der Waals surface area (Å²) in [6, 6.07) is 1.07. The van der Waals surface area contributed by atoms with Crippen molar-refractivity contribution in [3.63, 3.8) is 0 Å².